The van der Waals surface area contributed by atoms with Crippen LogP contribution < -0.4 is 0 Å². The zero-order chi connectivity index (χ0) is 10.1. The van der Waals surface area contributed by atoms with Crippen molar-refractivity contribution in [1.29, 1.82) is 0 Å². The fraction of sp³-hybridized carbons (Fsp3) is 0.500. The second kappa shape index (κ2) is 3.75. The Bertz CT molecular complexity index is 274. The Morgan fingerprint density at radius 2 is 1.38 bits per heavy atom. The summed E-state index contributed by atoms with van der Waals surface area (Å²) < 4.78 is 0.306. The summed E-state index contributed by atoms with van der Waals surface area (Å²) in [5, 5.41) is 0. The fourth-order valence-electron chi connectivity index (χ4n) is 1.35. The lowest BCUT2D eigenvalue weighted by molar-refractivity contribution is 0.802. The first-order chi connectivity index (χ1) is 5.87. The first-order valence-corrected chi connectivity index (χ1v) is 5.46. The summed E-state index contributed by atoms with van der Waals surface area (Å²) in [4.78, 5) is 1.38. The molecule has 0 spiro atoms. The quantitative estimate of drug-likeness (QED) is 0.604. The molecule has 0 radical (unpaired) electrons. The van der Waals surface area contributed by atoms with Crippen molar-refractivity contribution >= 4 is 11.8 Å². The first-order valence-electron chi connectivity index (χ1n) is 4.64. The molecule has 0 unspecified atom stereocenters. The van der Waals surface area contributed by atoms with E-state index >= 15 is 0 Å². The van der Waals surface area contributed by atoms with E-state index in [0.717, 1.165) is 0 Å². The molecule has 1 rings (SSSR count). The van der Waals surface area contributed by atoms with E-state index in [-0.39, 0.29) is 0 Å². The maximum Gasteiger partial charge on any atom is 0.0122 e. The Balaban J connectivity index is 2.90. The summed E-state index contributed by atoms with van der Waals surface area (Å²) in [5.74, 6) is 0. The molecule has 0 aliphatic rings. The third kappa shape index (κ3) is 3.86. The summed E-state index contributed by atoms with van der Waals surface area (Å²) in [6.07, 6.45) is 0. The zero-order valence-electron chi connectivity index (χ0n) is 9.14. The molecule has 0 atom stereocenters. The number of rotatable bonds is 1. The lowest BCUT2D eigenvalue weighted by Gasteiger charge is -2.18. The maximum atomic E-state index is 2.25. The van der Waals surface area contributed by atoms with E-state index in [2.05, 4.69) is 52.8 Å². The van der Waals surface area contributed by atoms with Crippen LogP contribution in [0.3, 0.4) is 0 Å². The smallest absolute Gasteiger partial charge is 0.0122 e. The van der Waals surface area contributed by atoms with E-state index in [1.54, 1.807) is 0 Å². The van der Waals surface area contributed by atoms with Crippen LogP contribution in [-0.2, 0) is 0 Å². The van der Waals surface area contributed by atoms with Gasteiger partial charge in [-0.05, 0) is 37.1 Å². The Hall–Kier alpha value is -0.430. The van der Waals surface area contributed by atoms with E-state index in [0.29, 0.717) is 4.75 Å². The van der Waals surface area contributed by atoms with E-state index in [1.165, 1.54) is 16.0 Å². The molecule has 0 amide bonds. The largest absolute Gasteiger partial charge is 0.120 e. The Kier molecular flexibility index (Phi) is 3.07. The molecule has 0 aromatic heterocycles. The van der Waals surface area contributed by atoms with Crippen molar-refractivity contribution in [3.8, 4) is 0 Å². The highest BCUT2D eigenvalue weighted by Gasteiger charge is 2.11. The lowest BCUT2D eigenvalue weighted by Crippen LogP contribution is -2.06. The third-order valence-electron chi connectivity index (χ3n) is 1.62. The Labute approximate surface area is 85.7 Å². The highest BCUT2D eigenvalue weighted by molar-refractivity contribution is 8.00. The molecule has 0 heterocycles. The van der Waals surface area contributed by atoms with Gasteiger partial charge in [0.05, 0.1) is 0 Å². The van der Waals surface area contributed by atoms with Crippen LogP contribution in [0.4, 0.5) is 0 Å². The predicted octanol–water partition coefficient (Wildman–Crippen LogP) is 4.19. The van der Waals surface area contributed by atoms with Gasteiger partial charge in [0.2, 0.25) is 0 Å². The molecule has 0 aliphatic heterocycles. The van der Waals surface area contributed by atoms with Crippen molar-refractivity contribution in [1.82, 2.24) is 0 Å². The van der Waals surface area contributed by atoms with Crippen LogP contribution in [0.15, 0.2) is 23.1 Å². The van der Waals surface area contributed by atoms with Crippen molar-refractivity contribution in [2.24, 2.45) is 0 Å². The SMILES string of the molecule is Cc1cc(C)cc(SC(C)(C)C)c1. The second-order valence-electron chi connectivity index (χ2n) is 4.54. The molecule has 72 valence electrons. The van der Waals surface area contributed by atoms with Crippen molar-refractivity contribution in [2.45, 2.75) is 44.3 Å². The monoisotopic (exact) mass is 194 g/mol. The Morgan fingerprint density at radius 1 is 0.923 bits per heavy atom. The van der Waals surface area contributed by atoms with Gasteiger partial charge in [-0.1, -0.05) is 26.8 Å². The number of benzene rings is 1. The molecule has 1 aromatic rings. The number of thioether (sulfide) groups is 1. The molecule has 0 N–H and O–H groups in total. The normalized spacial score (nSPS) is 11.8. The van der Waals surface area contributed by atoms with Gasteiger partial charge in [-0.2, -0.15) is 0 Å². The van der Waals surface area contributed by atoms with E-state index < -0.39 is 0 Å². The average Bonchev–Trinajstić information content (AvgIpc) is 1.78. The third-order valence-corrected chi connectivity index (χ3v) is 2.70. The minimum atomic E-state index is 0.306. The second-order valence-corrected chi connectivity index (χ2v) is 6.44. The van der Waals surface area contributed by atoms with E-state index in [9.17, 15) is 0 Å². The van der Waals surface area contributed by atoms with Gasteiger partial charge >= 0.3 is 0 Å². The summed E-state index contributed by atoms with van der Waals surface area (Å²) >= 11 is 1.93. The summed E-state index contributed by atoms with van der Waals surface area (Å²) in [7, 11) is 0. The van der Waals surface area contributed by atoms with E-state index in [4.69, 9.17) is 0 Å². The van der Waals surface area contributed by atoms with Crippen LogP contribution in [0, 0.1) is 13.8 Å². The molecule has 1 heteroatoms. The van der Waals surface area contributed by atoms with Crippen LogP contribution in [0.5, 0.6) is 0 Å². The minimum Gasteiger partial charge on any atom is -0.120 e. The maximum absolute atomic E-state index is 2.25. The van der Waals surface area contributed by atoms with Gasteiger partial charge in [-0.3, -0.25) is 0 Å². The molecule has 1 aromatic carbocycles. The minimum absolute atomic E-state index is 0.306. The van der Waals surface area contributed by atoms with E-state index in [1.807, 2.05) is 11.8 Å². The Morgan fingerprint density at radius 3 is 1.77 bits per heavy atom. The topological polar surface area (TPSA) is 0 Å². The van der Waals surface area contributed by atoms with Gasteiger partial charge in [0.1, 0.15) is 0 Å². The molecular formula is C12H18S. The number of aryl methyl sites for hydroxylation is 2. The standard InChI is InChI=1S/C12H18S/c1-9-6-10(2)8-11(7-9)13-12(3,4)5/h6-8H,1-5H3. The van der Waals surface area contributed by atoms with Crippen molar-refractivity contribution in [3.63, 3.8) is 0 Å². The molecule has 0 nitrogen and oxygen atoms in total. The molecule has 0 aliphatic carbocycles. The summed E-state index contributed by atoms with van der Waals surface area (Å²) in [5.41, 5.74) is 2.71. The van der Waals surface area contributed by atoms with Crippen LogP contribution in [0.2, 0.25) is 0 Å². The van der Waals surface area contributed by atoms with Gasteiger partial charge in [0, 0.05) is 9.64 Å². The number of hydrogen-bond donors (Lipinski definition) is 0. The summed E-state index contributed by atoms with van der Waals surface area (Å²) in [6, 6.07) is 6.72. The number of hydrogen-bond acceptors (Lipinski definition) is 1. The van der Waals surface area contributed by atoms with Gasteiger partial charge in [-0.15, -0.1) is 11.8 Å². The molecule has 0 bridgehead atoms. The zero-order valence-corrected chi connectivity index (χ0v) is 9.96. The van der Waals surface area contributed by atoms with Crippen molar-refractivity contribution in [2.75, 3.05) is 0 Å². The highest BCUT2D eigenvalue weighted by atomic mass is 32.2. The van der Waals surface area contributed by atoms with Gasteiger partial charge in [0.15, 0.2) is 0 Å². The van der Waals surface area contributed by atoms with Crippen molar-refractivity contribution < 1.29 is 0 Å². The fourth-order valence-corrected chi connectivity index (χ4v) is 2.54. The molecular weight excluding hydrogens is 176 g/mol. The van der Waals surface area contributed by atoms with Gasteiger partial charge < -0.3 is 0 Å². The predicted molar refractivity (Wildman–Crippen MR) is 61.5 cm³/mol. The first kappa shape index (κ1) is 10.6. The van der Waals surface area contributed by atoms with Crippen LogP contribution >= 0.6 is 11.8 Å². The average molecular weight is 194 g/mol. The lowest BCUT2D eigenvalue weighted by atomic mass is 10.2. The van der Waals surface area contributed by atoms with Crippen molar-refractivity contribution in [3.05, 3.63) is 29.3 Å². The molecule has 0 fully saturated rings. The van der Waals surface area contributed by atoms with Crippen LogP contribution in [-0.4, -0.2) is 4.75 Å². The summed E-state index contributed by atoms with van der Waals surface area (Å²) in [6.45, 7) is 11.0. The van der Waals surface area contributed by atoms with Gasteiger partial charge in [0.25, 0.3) is 0 Å². The van der Waals surface area contributed by atoms with Gasteiger partial charge in [-0.25, -0.2) is 0 Å². The highest BCUT2D eigenvalue weighted by Crippen LogP contribution is 2.32. The molecule has 0 saturated heterocycles. The molecule has 13 heavy (non-hydrogen) atoms. The van der Waals surface area contributed by atoms with Crippen LogP contribution in [0.1, 0.15) is 31.9 Å². The van der Waals surface area contributed by atoms with Crippen LogP contribution in [0.25, 0.3) is 0 Å². The molecule has 0 saturated carbocycles.